The van der Waals surface area contributed by atoms with Crippen LogP contribution in [0.3, 0.4) is 0 Å². The zero-order valence-electron chi connectivity index (χ0n) is 15.3. The monoisotopic (exact) mass is 308 g/mol. The van der Waals surface area contributed by atoms with Gasteiger partial charge in [0.2, 0.25) is 5.91 Å². The van der Waals surface area contributed by atoms with Gasteiger partial charge in [0.15, 0.2) is 0 Å². The average molecular weight is 308 g/mol. The maximum absolute atomic E-state index is 12.5. The summed E-state index contributed by atoms with van der Waals surface area (Å²) in [5.41, 5.74) is 4.70. The Balaban J connectivity index is 3.26. The Kier molecular flexibility index (Phi) is 5.12. The Morgan fingerprint density at radius 2 is 1.86 bits per heavy atom. The van der Waals surface area contributed by atoms with E-state index in [1.165, 1.54) is 0 Å². The third-order valence-corrected chi connectivity index (χ3v) is 4.97. The van der Waals surface area contributed by atoms with Gasteiger partial charge in [-0.3, -0.25) is 10.1 Å². The minimum atomic E-state index is -0.822. The van der Waals surface area contributed by atoms with Crippen LogP contribution in [-0.4, -0.2) is 21.0 Å². The molecule has 1 aromatic rings. The molecule has 0 aliphatic rings. The lowest BCUT2D eigenvalue weighted by molar-refractivity contribution is -0.135. The van der Waals surface area contributed by atoms with Gasteiger partial charge in [-0.1, -0.05) is 48.5 Å². The predicted molar refractivity (Wildman–Crippen MR) is 90.0 cm³/mol. The molecule has 5 heteroatoms. The fraction of sp³-hybridized carbons (Fsp3) is 0.765. The van der Waals surface area contributed by atoms with E-state index in [1.807, 2.05) is 17.8 Å². The number of hydrogen-bond acceptors (Lipinski definition) is 3. The molecule has 0 fully saturated rings. The van der Waals surface area contributed by atoms with Crippen molar-refractivity contribution >= 4 is 5.91 Å². The molecule has 0 aliphatic heterocycles. The largest absolute Gasteiger partial charge is 0.368 e. The molecule has 0 spiro atoms. The quantitative estimate of drug-likeness (QED) is 0.877. The summed E-state index contributed by atoms with van der Waals surface area (Å²) in [6, 6.07) is 0. The predicted octanol–water partition coefficient (Wildman–Crippen LogP) is 2.46. The first-order valence-electron chi connectivity index (χ1n) is 7.85. The Morgan fingerprint density at radius 1 is 1.32 bits per heavy atom. The number of imidazole rings is 1. The van der Waals surface area contributed by atoms with Crippen molar-refractivity contribution in [2.75, 3.05) is 0 Å². The van der Waals surface area contributed by atoms with Gasteiger partial charge in [0.1, 0.15) is 11.4 Å². The second-order valence-electron chi connectivity index (χ2n) is 8.32. The van der Waals surface area contributed by atoms with Gasteiger partial charge in [-0.25, -0.2) is 4.98 Å². The number of carbonyl (C=O) groups is 1. The van der Waals surface area contributed by atoms with E-state index < -0.39 is 5.54 Å². The molecule has 3 N–H and O–H groups in total. The number of nitrogens with two attached hydrogens (primary N) is 1. The smallest absolute Gasteiger partial charge is 0.238 e. The molecule has 1 rings (SSSR count). The zero-order valence-corrected chi connectivity index (χ0v) is 15.3. The van der Waals surface area contributed by atoms with E-state index in [0.29, 0.717) is 6.54 Å². The number of aromatic nitrogens is 2. The molecular formula is C17H32N4O. The van der Waals surface area contributed by atoms with Crippen LogP contribution in [0.5, 0.6) is 0 Å². The maximum atomic E-state index is 12.5. The second-order valence-corrected chi connectivity index (χ2v) is 8.32. The molecule has 0 saturated heterocycles. The lowest BCUT2D eigenvalue weighted by Gasteiger charge is -2.51. The normalized spacial score (nSPS) is 17.1. The van der Waals surface area contributed by atoms with Crippen LogP contribution in [0.1, 0.15) is 54.3 Å². The number of nitrogens with zero attached hydrogens (tertiary/aromatic N) is 2. The molecule has 5 nitrogen and oxygen atoms in total. The highest BCUT2D eigenvalue weighted by atomic mass is 16.1. The topological polar surface area (TPSA) is 72.9 Å². The fourth-order valence-corrected chi connectivity index (χ4v) is 3.17. The maximum Gasteiger partial charge on any atom is 0.238 e. The second kappa shape index (κ2) is 6.03. The summed E-state index contributed by atoms with van der Waals surface area (Å²) in [6.45, 7) is 15.2. The van der Waals surface area contributed by atoms with Crippen LogP contribution in [0.4, 0.5) is 0 Å². The van der Waals surface area contributed by atoms with Gasteiger partial charge >= 0.3 is 0 Å². The minimum Gasteiger partial charge on any atom is -0.368 e. The van der Waals surface area contributed by atoms with Crippen molar-refractivity contribution in [1.29, 1.82) is 0 Å². The van der Waals surface area contributed by atoms with Crippen LogP contribution in [-0.2, 0) is 18.4 Å². The van der Waals surface area contributed by atoms with E-state index in [0.717, 1.165) is 5.82 Å². The van der Waals surface area contributed by atoms with Crippen LogP contribution in [0.25, 0.3) is 0 Å². The van der Waals surface area contributed by atoms with Gasteiger partial charge in [0.25, 0.3) is 0 Å². The van der Waals surface area contributed by atoms with Crippen molar-refractivity contribution in [3.63, 3.8) is 0 Å². The van der Waals surface area contributed by atoms with Crippen LogP contribution >= 0.6 is 0 Å². The van der Waals surface area contributed by atoms with Crippen molar-refractivity contribution in [3.8, 4) is 0 Å². The van der Waals surface area contributed by atoms with Gasteiger partial charge in [-0.15, -0.1) is 0 Å². The number of aryl methyl sites for hydroxylation is 1. The molecule has 1 heterocycles. The van der Waals surface area contributed by atoms with E-state index in [1.54, 1.807) is 6.20 Å². The van der Waals surface area contributed by atoms with Gasteiger partial charge in [-0.05, 0) is 16.7 Å². The van der Waals surface area contributed by atoms with E-state index >= 15 is 0 Å². The molecule has 0 aliphatic carbocycles. The van der Waals surface area contributed by atoms with Gasteiger partial charge in [0.05, 0.1) is 6.54 Å². The van der Waals surface area contributed by atoms with Crippen molar-refractivity contribution in [3.05, 3.63) is 18.2 Å². The lowest BCUT2D eigenvalue weighted by Crippen LogP contribution is -2.68. The first-order valence-corrected chi connectivity index (χ1v) is 7.85. The molecule has 22 heavy (non-hydrogen) atoms. The first kappa shape index (κ1) is 18.7. The molecule has 2 atom stereocenters. The van der Waals surface area contributed by atoms with Crippen LogP contribution in [0.2, 0.25) is 0 Å². The summed E-state index contributed by atoms with van der Waals surface area (Å²) < 4.78 is 1.95. The molecule has 0 aromatic carbocycles. The van der Waals surface area contributed by atoms with Crippen molar-refractivity contribution in [2.24, 2.45) is 29.5 Å². The Hall–Kier alpha value is -1.36. The van der Waals surface area contributed by atoms with Crippen molar-refractivity contribution in [2.45, 2.75) is 60.5 Å². The summed E-state index contributed by atoms with van der Waals surface area (Å²) in [6.07, 6.45) is 3.65. The van der Waals surface area contributed by atoms with E-state index in [9.17, 15) is 4.79 Å². The highest BCUT2D eigenvalue weighted by Crippen LogP contribution is 2.44. The van der Waals surface area contributed by atoms with E-state index in [-0.39, 0.29) is 22.7 Å². The first-order chi connectivity index (χ1) is 9.84. The summed E-state index contributed by atoms with van der Waals surface area (Å²) in [5, 5.41) is 3.46. The number of rotatable bonds is 5. The average Bonchev–Trinajstić information content (AvgIpc) is 2.72. The van der Waals surface area contributed by atoms with Crippen LogP contribution in [0, 0.1) is 16.7 Å². The third kappa shape index (κ3) is 3.35. The SMILES string of the molecule is C[C@H](C(C)(C)C)C(NCc1nccn1C)(C(N)=O)C(C)(C)C. The van der Waals surface area contributed by atoms with E-state index in [4.69, 9.17) is 5.73 Å². The minimum absolute atomic E-state index is 0.0535. The Morgan fingerprint density at radius 3 is 2.18 bits per heavy atom. The number of amides is 1. The van der Waals surface area contributed by atoms with Gasteiger partial charge in [-0.2, -0.15) is 0 Å². The number of primary amides is 1. The molecule has 1 amide bonds. The van der Waals surface area contributed by atoms with E-state index in [2.05, 4.69) is 58.8 Å². The summed E-state index contributed by atoms with van der Waals surface area (Å²) in [7, 11) is 1.94. The summed E-state index contributed by atoms with van der Waals surface area (Å²) in [5.74, 6) is 0.630. The van der Waals surface area contributed by atoms with Gasteiger partial charge < -0.3 is 10.3 Å². The molecule has 1 unspecified atom stereocenters. The highest BCUT2D eigenvalue weighted by Gasteiger charge is 2.54. The summed E-state index contributed by atoms with van der Waals surface area (Å²) in [4.78, 5) is 16.9. The summed E-state index contributed by atoms with van der Waals surface area (Å²) >= 11 is 0. The standard InChI is InChI=1S/C17H32N4O/c1-12(15(2,3)4)17(14(18)22,16(5,6)7)20-11-13-19-9-10-21(13)8/h9-10,12,20H,11H2,1-8H3,(H2,18,22)/t12-,17?/m1/s1. The third-order valence-electron chi connectivity index (χ3n) is 4.97. The van der Waals surface area contributed by atoms with Gasteiger partial charge in [0, 0.05) is 19.4 Å². The fourth-order valence-electron chi connectivity index (χ4n) is 3.17. The number of nitrogens with one attached hydrogen (secondary N) is 1. The zero-order chi connectivity index (χ0) is 17.3. The number of carbonyl (C=O) groups excluding carboxylic acids is 1. The van der Waals surface area contributed by atoms with Crippen molar-refractivity contribution in [1.82, 2.24) is 14.9 Å². The molecule has 0 radical (unpaired) electrons. The molecule has 0 bridgehead atoms. The molecule has 0 saturated carbocycles. The number of hydrogen-bond donors (Lipinski definition) is 2. The van der Waals surface area contributed by atoms with Crippen LogP contribution in [0.15, 0.2) is 12.4 Å². The Labute approximate surface area is 134 Å². The highest BCUT2D eigenvalue weighted by molar-refractivity contribution is 5.86. The van der Waals surface area contributed by atoms with Crippen molar-refractivity contribution < 1.29 is 4.79 Å². The molecule has 1 aromatic heterocycles. The molecular weight excluding hydrogens is 276 g/mol. The van der Waals surface area contributed by atoms with Crippen LogP contribution < -0.4 is 11.1 Å². The lowest BCUT2D eigenvalue weighted by atomic mass is 9.59. The Bertz CT molecular complexity index is 521. The molecule has 126 valence electrons.